The van der Waals surface area contributed by atoms with Crippen molar-refractivity contribution in [1.82, 2.24) is 14.5 Å². The van der Waals surface area contributed by atoms with Crippen LogP contribution < -0.4 is 0 Å². The van der Waals surface area contributed by atoms with E-state index in [0.29, 0.717) is 18.0 Å². The summed E-state index contributed by atoms with van der Waals surface area (Å²) in [7, 11) is 0. The highest BCUT2D eigenvalue weighted by Crippen LogP contribution is 2.27. The first kappa shape index (κ1) is 15.5. The van der Waals surface area contributed by atoms with Crippen molar-refractivity contribution in [2.45, 2.75) is 33.2 Å². The molecule has 116 valence electrons. The number of rotatable bonds is 4. The van der Waals surface area contributed by atoms with Crippen LogP contribution in [-0.2, 0) is 6.54 Å². The van der Waals surface area contributed by atoms with E-state index >= 15 is 0 Å². The zero-order chi connectivity index (χ0) is 16.4. The first-order valence-corrected chi connectivity index (χ1v) is 7.94. The minimum atomic E-state index is 0.514. The average Bonchev–Trinajstić information content (AvgIpc) is 2.88. The molecule has 2 heterocycles. The first-order valence-electron chi connectivity index (χ1n) is 7.56. The summed E-state index contributed by atoms with van der Waals surface area (Å²) in [4.78, 5) is 9.16. The van der Waals surface area contributed by atoms with Gasteiger partial charge in [0, 0.05) is 24.7 Å². The molecule has 0 saturated heterocycles. The Hall–Kier alpha value is -2.38. The summed E-state index contributed by atoms with van der Waals surface area (Å²) >= 11 is 6.04. The van der Waals surface area contributed by atoms with E-state index in [4.69, 9.17) is 21.8 Å². The normalized spacial score (nSPS) is 10.9. The highest BCUT2D eigenvalue weighted by Gasteiger charge is 2.14. The van der Waals surface area contributed by atoms with Gasteiger partial charge in [-0.1, -0.05) is 23.7 Å². The number of hydrogen-bond donors (Lipinski definition) is 0. The van der Waals surface area contributed by atoms with Crippen LogP contribution in [0.2, 0.25) is 5.02 Å². The minimum Gasteiger partial charge on any atom is -0.309 e. The molecular formula is C18H17ClN4. The van der Waals surface area contributed by atoms with Gasteiger partial charge in [0.2, 0.25) is 0 Å². The Kier molecular flexibility index (Phi) is 4.31. The van der Waals surface area contributed by atoms with Crippen molar-refractivity contribution in [3.8, 4) is 17.5 Å². The third-order valence-corrected chi connectivity index (χ3v) is 4.19. The van der Waals surface area contributed by atoms with Crippen molar-refractivity contribution < 1.29 is 0 Å². The first-order chi connectivity index (χ1) is 11.1. The summed E-state index contributed by atoms with van der Waals surface area (Å²) in [6.07, 6.45) is 2.92. The number of aromatic nitrogens is 3. The van der Waals surface area contributed by atoms with E-state index in [1.807, 2.05) is 6.07 Å². The molecule has 0 spiro atoms. The van der Waals surface area contributed by atoms with Crippen molar-refractivity contribution in [3.63, 3.8) is 0 Å². The Labute approximate surface area is 140 Å². The molecule has 0 unspecified atom stereocenters. The molecule has 0 radical (unpaired) electrons. The molecule has 23 heavy (non-hydrogen) atoms. The van der Waals surface area contributed by atoms with Crippen molar-refractivity contribution in [3.05, 3.63) is 46.6 Å². The van der Waals surface area contributed by atoms with Gasteiger partial charge in [-0.2, -0.15) is 5.26 Å². The maximum Gasteiger partial charge on any atom is 0.160 e. The zero-order valence-corrected chi connectivity index (χ0v) is 13.9. The van der Waals surface area contributed by atoms with Crippen LogP contribution in [0.3, 0.4) is 0 Å². The molecular weight excluding hydrogens is 308 g/mol. The second-order valence-electron chi connectivity index (χ2n) is 5.64. The molecule has 5 heteroatoms. The molecule has 0 N–H and O–H groups in total. The molecule has 0 aliphatic heterocycles. The lowest BCUT2D eigenvalue weighted by Gasteiger charge is -2.09. The fraction of sp³-hybridized carbons (Fsp3) is 0.278. The minimum absolute atomic E-state index is 0.514. The third kappa shape index (κ3) is 3.06. The number of imidazole rings is 1. The number of halogens is 1. The number of nitrogens with zero attached hydrogens (tertiary/aromatic N) is 4. The quantitative estimate of drug-likeness (QED) is 0.655. The van der Waals surface area contributed by atoms with Gasteiger partial charge in [-0.15, -0.1) is 0 Å². The Morgan fingerprint density at radius 1 is 1.22 bits per heavy atom. The van der Waals surface area contributed by atoms with E-state index in [1.54, 1.807) is 6.20 Å². The van der Waals surface area contributed by atoms with Crippen LogP contribution in [0.4, 0.5) is 0 Å². The van der Waals surface area contributed by atoms with Gasteiger partial charge in [0.25, 0.3) is 0 Å². The predicted octanol–water partition coefficient (Wildman–Crippen LogP) is 4.67. The summed E-state index contributed by atoms with van der Waals surface area (Å²) in [5.41, 5.74) is 5.12. The van der Waals surface area contributed by atoms with Crippen LogP contribution in [0.5, 0.6) is 0 Å². The molecule has 0 saturated carbocycles. The van der Waals surface area contributed by atoms with Gasteiger partial charge in [0.15, 0.2) is 5.65 Å². The Balaban J connectivity index is 2.15. The maximum absolute atomic E-state index is 8.79. The van der Waals surface area contributed by atoms with Gasteiger partial charge >= 0.3 is 0 Å². The lowest BCUT2D eigenvalue weighted by atomic mass is 10.1. The molecule has 0 atom stereocenters. The van der Waals surface area contributed by atoms with Gasteiger partial charge in [0.1, 0.15) is 11.3 Å². The number of pyridine rings is 1. The molecule has 0 bridgehead atoms. The van der Waals surface area contributed by atoms with E-state index in [9.17, 15) is 0 Å². The zero-order valence-electron chi connectivity index (χ0n) is 13.2. The molecule has 4 nitrogen and oxygen atoms in total. The Morgan fingerprint density at radius 3 is 2.78 bits per heavy atom. The van der Waals surface area contributed by atoms with Crippen LogP contribution in [-0.4, -0.2) is 14.5 Å². The standard InChI is InChI=1S/C18H17ClN4/c1-12-5-6-14(9-13(12)2)17-22-16-10-15(19)11-21-18(16)23(17)8-4-3-7-20/h5-6,9-11H,3-4,8H2,1-2H3. The largest absolute Gasteiger partial charge is 0.309 e. The second kappa shape index (κ2) is 6.39. The molecule has 0 fully saturated rings. The number of nitriles is 1. The smallest absolute Gasteiger partial charge is 0.160 e. The summed E-state index contributed by atoms with van der Waals surface area (Å²) < 4.78 is 2.08. The van der Waals surface area contributed by atoms with Gasteiger partial charge in [-0.3, -0.25) is 0 Å². The van der Waals surface area contributed by atoms with E-state index in [0.717, 1.165) is 29.0 Å². The number of fused-ring (bicyclic) bond motifs is 1. The lowest BCUT2D eigenvalue weighted by molar-refractivity contribution is 0.670. The van der Waals surface area contributed by atoms with Crippen LogP contribution in [0.25, 0.3) is 22.6 Å². The fourth-order valence-electron chi connectivity index (χ4n) is 2.62. The van der Waals surface area contributed by atoms with E-state index in [1.165, 1.54) is 11.1 Å². The monoisotopic (exact) mass is 324 g/mol. The van der Waals surface area contributed by atoms with Crippen LogP contribution in [0.15, 0.2) is 30.5 Å². The molecule has 1 aromatic carbocycles. The van der Waals surface area contributed by atoms with Crippen molar-refractivity contribution in [1.29, 1.82) is 5.26 Å². The van der Waals surface area contributed by atoms with Crippen molar-refractivity contribution in [2.75, 3.05) is 0 Å². The Morgan fingerprint density at radius 2 is 2.04 bits per heavy atom. The third-order valence-electron chi connectivity index (χ3n) is 3.99. The molecule has 0 aliphatic carbocycles. The highest BCUT2D eigenvalue weighted by atomic mass is 35.5. The van der Waals surface area contributed by atoms with Crippen LogP contribution in [0.1, 0.15) is 24.0 Å². The van der Waals surface area contributed by atoms with Gasteiger partial charge in [-0.05, 0) is 43.5 Å². The fourth-order valence-corrected chi connectivity index (χ4v) is 2.77. The van der Waals surface area contributed by atoms with Crippen LogP contribution >= 0.6 is 11.6 Å². The van der Waals surface area contributed by atoms with Crippen LogP contribution in [0, 0.1) is 25.2 Å². The van der Waals surface area contributed by atoms with E-state index in [2.05, 4.69) is 47.7 Å². The number of benzene rings is 1. The summed E-state index contributed by atoms with van der Waals surface area (Å²) in [5, 5.41) is 9.36. The van der Waals surface area contributed by atoms with Gasteiger partial charge in [-0.25, -0.2) is 9.97 Å². The molecule has 0 amide bonds. The Bertz CT molecular complexity index is 905. The molecule has 3 rings (SSSR count). The summed E-state index contributed by atoms with van der Waals surface area (Å²) in [5.74, 6) is 0.871. The summed E-state index contributed by atoms with van der Waals surface area (Å²) in [6, 6.07) is 10.3. The lowest BCUT2D eigenvalue weighted by Crippen LogP contribution is -2.02. The topological polar surface area (TPSA) is 54.5 Å². The molecule has 2 aromatic heterocycles. The average molecular weight is 325 g/mol. The predicted molar refractivity (Wildman–Crippen MR) is 92.3 cm³/mol. The maximum atomic E-state index is 8.79. The van der Waals surface area contributed by atoms with Crippen molar-refractivity contribution >= 4 is 22.8 Å². The van der Waals surface area contributed by atoms with Gasteiger partial charge in [0.05, 0.1) is 11.1 Å². The molecule has 3 aromatic rings. The number of aryl methyl sites for hydroxylation is 3. The number of unbranched alkanes of at least 4 members (excludes halogenated alkanes) is 1. The second-order valence-corrected chi connectivity index (χ2v) is 6.08. The highest BCUT2D eigenvalue weighted by molar-refractivity contribution is 6.31. The summed E-state index contributed by atoms with van der Waals surface area (Å²) in [6.45, 7) is 4.90. The van der Waals surface area contributed by atoms with E-state index in [-0.39, 0.29) is 0 Å². The SMILES string of the molecule is Cc1ccc(-c2nc3cc(Cl)cnc3n2CCCC#N)cc1C. The molecule has 0 aliphatic rings. The van der Waals surface area contributed by atoms with E-state index < -0.39 is 0 Å². The van der Waals surface area contributed by atoms with Gasteiger partial charge < -0.3 is 4.57 Å². The number of hydrogen-bond acceptors (Lipinski definition) is 3. The van der Waals surface area contributed by atoms with Crippen molar-refractivity contribution in [2.24, 2.45) is 0 Å².